The Morgan fingerprint density at radius 1 is 0.763 bits per heavy atom. The van der Waals surface area contributed by atoms with Crippen LogP contribution in [0.25, 0.3) is 11.0 Å². The number of imide groups is 2. The number of anilines is 4. The lowest BCUT2D eigenvalue weighted by atomic mass is 9.97. The molecule has 1 unspecified atom stereocenters. The molecule has 59 heavy (non-hydrogen) atoms. The van der Waals surface area contributed by atoms with Gasteiger partial charge < -0.3 is 24.6 Å². The van der Waals surface area contributed by atoms with Gasteiger partial charge in [-0.15, -0.1) is 0 Å². The van der Waals surface area contributed by atoms with Gasteiger partial charge in [0.25, 0.3) is 17.7 Å². The number of pyridine rings is 1. The van der Waals surface area contributed by atoms with Crippen molar-refractivity contribution in [3.8, 4) is 0 Å². The number of carbonyl (C=O) groups is 5. The number of hydrogen-bond donors (Lipinski definition) is 2. The standard InChI is InChI=1S/C42H48N12O5/c1-48(2)41(59)34-17-25-19-44-42(47-37(25)53(34)26-5-3-4-6-26)45-35-11-8-28(20-43-35)49-13-15-50(16-14-49)29-21-52(22-29)30-23-51(24-30)27-7-9-31-32(18-27)40(58)54(39(31)57)33-10-12-36(55)46-38(33)56/h7-9,11,17-20,26,29-30,33H,3-6,10,12-16,21-24H2,1-2H3,(H,46,55,56)(H,43,44,45,47). The molecule has 306 valence electrons. The summed E-state index contributed by atoms with van der Waals surface area (Å²) in [6.45, 7) is 7.59. The van der Waals surface area contributed by atoms with Crippen molar-refractivity contribution in [1.29, 1.82) is 0 Å². The summed E-state index contributed by atoms with van der Waals surface area (Å²) in [5.74, 6) is -0.863. The van der Waals surface area contributed by atoms with Crippen molar-refractivity contribution in [3.05, 3.63) is 65.6 Å². The van der Waals surface area contributed by atoms with Gasteiger partial charge in [-0.2, -0.15) is 4.98 Å². The molecule has 5 amide bonds. The Bertz CT molecular complexity index is 2350. The van der Waals surface area contributed by atoms with E-state index >= 15 is 0 Å². The summed E-state index contributed by atoms with van der Waals surface area (Å²) in [5.41, 5.74) is 4.02. The predicted octanol–water partition coefficient (Wildman–Crippen LogP) is 2.48. The van der Waals surface area contributed by atoms with Gasteiger partial charge >= 0.3 is 0 Å². The second kappa shape index (κ2) is 14.7. The molecule has 8 heterocycles. The van der Waals surface area contributed by atoms with Crippen LogP contribution in [0.4, 0.5) is 23.1 Å². The number of nitrogens with one attached hydrogen (secondary N) is 2. The normalized spacial score (nSPS) is 22.2. The number of carbonyl (C=O) groups excluding carboxylic acids is 5. The van der Waals surface area contributed by atoms with E-state index in [-0.39, 0.29) is 30.7 Å². The molecule has 4 aromatic rings. The van der Waals surface area contributed by atoms with E-state index in [1.54, 1.807) is 37.3 Å². The lowest BCUT2D eigenvalue weighted by molar-refractivity contribution is -0.136. The van der Waals surface area contributed by atoms with Gasteiger partial charge in [0.15, 0.2) is 0 Å². The maximum Gasteiger partial charge on any atom is 0.270 e. The monoisotopic (exact) mass is 800 g/mol. The molecule has 6 aliphatic rings. The Morgan fingerprint density at radius 2 is 1.49 bits per heavy atom. The number of aromatic nitrogens is 4. The molecule has 1 aromatic carbocycles. The highest BCUT2D eigenvalue weighted by molar-refractivity contribution is 6.23. The van der Waals surface area contributed by atoms with Crippen LogP contribution in [0.3, 0.4) is 0 Å². The minimum Gasteiger partial charge on any atom is -0.368 e. The zero-order valence-electron chi connectivity index (χ0n) is 33.3. The number of piperazine rings is 1. The summed E-state index contributed by atoms with van der Waals surface area (Å²) < 4.78 is 2.12. The van der Waals surface area contributed by atoms with Crippen LogP contribution in [0.5, 0.6) is 0 Å². The molecule has 0 radical (unpaired) electrons. The van der Waals surface area contributed by atoms with E-state index < -0.39 is 23.8 Å². The Morgan fingerprint density at radius 3 is 2.20 bits per heavy atom. The number of rotatable bonds is 9. The smallest absolute Gasteiger partial charge is 0.270 e. The maximum absolute atomic E-state index is 13.3. The second-order valence-corrected chi connectivity index (χ2v) is 16.9. The first-order valence-electron chi connectivity index (χ1n) is 20.8. The molecule has 1 atom stereocenters. The first-order chi connectivity index (χ1) is 28.6. The lowest BCUT2D eigenvalue weighted by Gasteiger charge is -2.55. The fourth-order valence-electron chi connectivity index (χ4n) is 9.67. The highest BCUT2D eigenvalue weighted by Crippen LogP contribution is 2.36. The average molecular weight is 801 g/mol. The van der Waals surface area contributed by atoms with Crippen molar-refractivity contribution in [2.45, 2.75) is 62.7 Å². The number of amides is 5. The molecule has 1 saturated carbocycles. The van der Waals surface area contributed by atoms with Gasteiger partial charge in [-0.3, -0.25) is 44.0 Å². The fourth-order valence-corrected chi connectivity index (χ4v) is 9.67. The summed E-state index contributed by atoms with van der Waals surface area (Å²) in [4.78, 5) is 90.0. The van der Waals surface area contributed by atoms with Gasteiger partial charge in [-0.05, 0) is 55.7 Å². The molecule has 0 bridgehead atoms. The van der Waals surface area contributed by atoms with E-state index in [0.717, 1.165) is 105 Å². The Kier molecular flexibility index (Phi) is 9.31. The van der Waals surface area contributed by atoms with Gasteiger partial charge in [0, 0.05) is 108 Å². The van der Waals surface area contributed by atoms with Crippen molar-refractivity contribution in [2.24, 2.45) is 0 Å². The van der Waals surface area contributed by atoms with Gasteiger partial charge in [0.05, 0.1) is 23.0 Å². The number of likely N-dealkylation sites (tertiary alicyclic amines) is 1. The molecule has 1 aliphatic carbocycles. The molecule has 4 saturated heterocycles. The molecule has 10 rings (SSSR count). The summed E-state index contributed by atoms with van der Waals surface area (Å²) in [6.07, 6.45) is 8.30. The fraction of sp³-hybridized carbons (Fsp3) is 0.476. The average Bonchev–Trinajstić information content (AvgIpc) is 3.92. The lowest BCUT2D eigenvalue weighted by Crippen LogP contribution is -2.71. The van der Waals surface area contributed by atoms with E-state index in [0.29, 0.717) is 40.7 Å². The number of fused-ring (bicyclic) bond motifs is 2. The molecular formula is C42H48N12O5. The molecule has 2 N–H and O–H groups in total. The molecule has 0 spiro atoms. The highest BCUT2D eigenvalue weighted by atomic mass is 16.2. The zero-order valence-corrected chi connectivity index (χ0v) is 33.3. The van der Waals surface area contributed by atoms with E-state index in [4.69, 9.17) is 9.97 Å². The van der Waals surface area contributed by atoms with Crippen LogP contribution in [0.2, 0.25) is 0 Å². The van der Waals surface area contributed by atoms with Crippen molar-refractivity contribution >= 4 is 63.7 Å². The van der Waals surface area contributed by atoms with Crippen molar-refractivity contribution in [3.63, 3.8) is 0 Å². The van der Waals surface area contributed by atoms with Crippen LogP contribution >= 0.6 is 0 Å². The predicted molar refractivity (Wildman–Crippen MR) is 219 cm³/mol. The highest BCUT2D eigenvalue weighted by Gasteiger charge is 2.46. The number of hydrogen-bond acceptors (Lipinski definition) is 13. The van der Waals surface area contributed by atoms with Gasteiger partial charge in [-0.1, -0.05) is 12.8 Å². The molecule has 5 fully saturated rings. The van der Waals surface area contributed by atoms with Crippen LogP contribution in [-0.2, 0) is 9.59 Å². The summed E-state index contributed by atoms with van der Waals surface area (Å²) >= 11 is 0. The van der Waals surface area contributed by atoms with Crippen molar-refractivity contribution in [2.75, 3.05) is 81.6 Å². The third kappa shape index (κ3) is 6.65. The summed E-state index contributed by atoms with van der Waals surface area (Å²) in [5, 5.41) is 6.38. The quantitative estimate of drug-likeness (QED) is 0.237. The van der Waals surface area contributed by atoms with Crippen LogP contribution in [-0.4, -0.2) is 153 Å². The number of piperidine rings is 1. The second-order valence-electron chi connectivity index (χ2n) is 16.9. The first kappa shape index (κ1) is 37.3. The van der Waals surface area contributed by atoms with Crippen LogP contribution in [0.1, 0.15) is 75.8 Å². The largest absolute Gasteiger partial charge is 0.368 e. The molecule has 5 aliphatic heterocycles. The van der Waals surface area contributed by atoms with E-state index in [1.807, 2.05) is 24.4 Å². The first-order valence-corrected chi connectivity index (χ1v) is 20.8. The topological polar surface area (TPSA) is 172 Å². The number of nitrogens with zero attached hydrogens (tertiary/aromatic N) is 10. The minimum atomic E-state index is -0.965. The molecule has 3 aromatic heterocycles. The SMILES string of the molecule is CN(C)C(=O)c1cc2cnc(Nc3ccc(N4CCN(C5CN(C6CN(c7ccc8c(c7)C(=O)N(C7CCC(=O)NC7=O)C8=O)C6)C5)CC4)cn3)nc2n1C1CCCC1. The van der Waals surface area contributed by atoms with Crippen LogP contribution in [0, 0.1) is 0 Å². The van der Waals surface area contributed by atoms with Crippen molar-refractivity contribution in [1.82, 2.24) is 44.4 Å². The maximum atomic E-state index is 13.3. The van der Waals surface area contributed by atoms with Crippen LogP contribution < -0.4 is 20.4 Å². The third-order valence-electron chi connectivity index (χ3n) is 13.1. The van der Waals surface area contributed by atoms with E-state index in [1.165, 1.54) is 0 Å². The molecule has 17 nitrogen and oxygen atoms in total. The Hall–Kier alpha value is -5.94. The number of benzene rings is 1. The van der Waals surface area contributed by atoms with E-state index in [2.05, 4.69) is 45.9 Å². The van der Waals surface area contributed by atoms with Crippen molar-refractivity contribution < 1.29 is 24.0 Å². The molecule has 17 heteroatoms. The minimum absolute atomic E-state index is 0.0299. The van der Waals surface area contributed by atoms with Gasteiger partial charge in [-0.25, -0.2) is 9.97 Å². The Balaban J connectivity index is 0.697. The zero-order chi connectivity index (χ0) is 40.5. The van der Waals surface area contributed by atoms with Gasteiger partial charge in [0.1, 0.15) is 23.2 Å². The van der Waals surface area contributed by atoms with Gasteiger partial charge in [0.2, 0.25) is 17.8 Å². The van der Waals surface area contributed by atoms with E-state index in [9.17, 15) is 24.0 Å². The summed E-state index contributed by atoms with van der Waals surface area (Å²) in [6, 6.07) is 11.6. The molecular weight excluding hydrogens is 753 g/mol. The third-order valence-corrected chi connectivity index (χ3v) is 13.1. The Labute approximate surface area is 341 Å². The summed E-state index contributed by atoms with van der Waals surface area (Å²) in [7, 11) is 3.56. The van der Waals surface area contributed by atoms with Crippen LogP contribution in [0.15, 0.2) is 48.8 Å².